The van der Waals surface area contributed by atoms with Gasteiger partial charge in [-0.3, -0.25) is 9.59 Å². The molecule has 0 bridgehead atoms. The van der Waals surface area contributed by atoms with Gasteiger partial charge in [-0.05, 0) is 28.1 Å². The fourth-order valence-corrected chi connectivity index (χ4v) is 2.02. The first-order valence-electron chi connectivity index (χ1n) is 3.87. The quantitative estimate of drug-likeness (QED) is 0.776. The van der Waals surface area contributed by atoms with Crippen molar-refractivity contribution in [1.29, 1.82) is 0 Å². The van der Waals surface area contributed by atoms with Gasteiger partial charge in [0.05, 0.1) is 22.8 Å². The molecule has 0 aromatic heterocycles. The fourth-order valence-electron chi connectivity index (χ4n) is 1.33. The number of methoxy groups -OCH3 is 1. The predicted octanol–water partition coefficient (Wildman–Crippen LogP) is 1.59. The van der Waals surface area contributed by atoms with Crippen LogP contribution in [0.4, 0.5) is 5.69 Å². The zero-order valence-corrected chi connectivity index (χ0v) is 8.84. The van der Waals surface area contributed by atoms with Crippen LogP contribution in [0.25, 0.3) is 0 Å². The molecular weight excluding hydrogens is 250 g/mol. The fraction of sp³-hybridized carbons (Fsp3) is 0.111. The minimum atomic E-state index is -0.603. The summed E-state index contributed by atoms with van der Waals surface area (Å²) in [6.45, 7) is 0. The number of nitrogens with one attached hydrogen (secondary N) is 1. The van der Waals surface area contributed by atoms with Crippen LogP contribution in [-0.2, 0) is 4.79 Å². The SMILES string of the molecule is COc1ccc2c(c1Br)C(=O)C(=O)N2. The van der Waals surface area contributed by atoms with Crippen LogP contribution in [0.5, 0.6) is 5.75 Å². The van der Waals surface area contributed by atoms with E-state index in [9.17, 15) is 9.59 Å². The third-order valence-corrected chi connectivity index (χ3v) is 2.80. The van der Waals surface area contributed by atoms with Crippen molar-refractivity contribution in [3.63, 3.8) is 0 Å². The lowest BCUT2D eigenvalue weighted by Gasteiger charge is -2.05. The molecule has 1 aliphatic heterocycles. The van der Waals surface area contributed by atoms with E-state index in [0.29, 0.717) is 21.5 Å². The molecule has 1 aliphatic rings. The topological polar surface area (TPSA) is 55.4 Å². The van der Waals surface area contributed by atoms with Crippen molar-refractivity contribution in [3.8, 4) is 5.75 Å². The Bertz CT molecular complexity index is 442. The number of hydrogen-bond acceptors (Lipinski definition) is 3. The van der Waals surface area contributed by atoms with Crippen LogP contribution in [0.2, 0.25) is 0 Å². The highest BCUT2D eigenvalue weighted by molar-refractivity contribution is 9.10. The molecule has 4 nitrogen and oxygen atoms in total. The highest BCUT2D eigenvalue weighted by Crippen LogP contribution is 2.36. The molecule has 1 N–H and O–H groups in total. The molecule has 0 radical (unpaired) electrons. The largest absolute Gasteiger partial charge is 0.496 e. The third-order valence-electron chi connectivity index (χ3n) is 2.01. The van der Waals surface area contributed by atoms with Crippen LogP contribution >= 0.6 is 15.9 Å². The molecule has 1 aromatic carbocycles. The third kappa shape index (κ3) is 1.13. The summed E-state index contributed by atoms with van der Waals surface area (Å²) in [4.78, 5) is 22.4. The van der Waals surface area contributed by atoms with Gasteiger partial charge in [0.2, 0.25) is 0 Å². The van der Waals surface area contributed by atoms with E-state index in [-0.39, 0.29) is 0 Å². The summed E-state index contributed by atoms with van der Waals surface area (Å²) in [6.07, 6.45) is 0. The van der Waals surface area contributed by atoms with Crippen LogP contribution < -0.4 is 10.1 Å². The second kappa shape index (κ2) is 3.09. The molecule has 14 heavy (non-hydrogen) atoms. The molecule has 0 atom stereocenters. The van der Waals surface area contributed by atoms with Crippen molar-refractivity contribution in [2.45, 2.75) is 0 Å². The number of carbonyl (C=O) groups excluding carboxylic acids is 2. The van der Waals surface area contributed by atoms with Gasteiger partial charge in [-0.2, -0.15) is 0 Å². The van der Waals surface area contributed by atoms with E-state index in [0.717, 1.165) is 0 Å². The van der Waals surface area contributed by atoms with Gasteiger partial charge in [-0.1, -0.05) is 0 Å². The van der Waals surface area contributed by atoms with E-state index in [2.05, 4.69) is 21.2 Å². The summed E-state index contributed by atoms with van der Waals surface area (Å²) in [6, 6.07) is 3.32. The molecule has 2 rings (SSSR count). The van der Waals surface area contributed by atoms with Crippen molar-refractivity contribution >= 4 is 33.3 Å². The Kier molecular flexibility index (Phi) is 2.03. The van der Waals surface area contributed by atoms with Crippen LogP contribution in [0.1, 0.15) is 10.4 Å². The highest BCUT2D eigenvalue weighted by atomic mass is 79.9. The summed E-state index contributed by atoms with van der Waals surface area (Å²) in [5.41, 5.74) is 0.863. The first kappa shape index (κ1) is 9.21. The number of amides is 1. The lowest BCUT2D eigenvalue weighted by Crippen LogP contribution is -2.12. The number of rotatable bonds is 1. The van der Waals surface area contributed by atoms with Crippen molar-refractivity contribution < 1.29 is 14.3 Å². The van der Waals surface area contributed by atoms with E-state index in [1.165, 1.54) is 7.11 Å². The second-order valence-corrected chi connectivity index (χ2v) is 3.58. The summed E-state index contributed by atoms with van der Waals surface area (Å²) < 4.78 is 5.53. The van der Waals surface area contributed by atoms with E-state index < -0.39 is 11.7 Å². The Morgan fingerprint density at radius 1 is 1.36 bits per heavy atom. The number of ether oxygens (including phenoxy) is 1. The van der Waals surface area contributed by atoms with Gasteiger partial charge in [-0.25, -0.2) is 0 Å². The number of anilines is 1. The van der Waals surface area contributed by atoms with Gasteiger partial charge in [-0.15, -0.1) is 0 Å². The van der Waals surface area contributed by atoms with Gasteiger partial charge in [0, 0.05) is 0 Å². The first-order chi connectivity index (χ1) is 6.65. The number of hydrogen-bond donors (Lipinski definition) is 1. The number of Topliss-reactive ketones (excluding diaryl/α,β-unsaturated/α-hetero) is 1. The van der Waals surface area contributed by atoms with Gasteiger partial charge >= 0.3 is 0 Å². The number of fused-ring (bicyclic) bond motifs is 1. The maximum Gasteiger partial charge on any atom is 0.296 e. The summed E-state index contributed by atoms with van der Waals surface area (Å²) in [7, 11) is 1.50. The van der Waals surface area contributed by atoms with E-state index in [4.69, 9.17) is 4.74 Å². The zero-order valence-electron chi connectivity index (χ0n) is 7.26. The average molecular weight is 256 g/mol. The maximum absolute atomic E-state index is 11.4. The molecule has 0 saturated carbocycles. The molecule has 0 unspecified atom stereocenters. The molecule has 5 heteroatoms. The average Bonchev–Trinajstić information content (AvgIpc) is 2.44. The highest BCUT2D eigenvalue weighted by Gasteiger charge is 2.31. The first-order valence-corrected chi connectivity index (χ1v) is 4.66. The van der Waals surface area contributed by atoms with Crippen LogP contribution in [0.15, 0.2) is 16.6 Å². The Hall–Kier alpha value is -1.36. The molecule has 1 amide bonds. The molecule has 0 fully saturated rings. The van der Waals surface area contributed by atoms with Crippen molar-refractivity contribution in [2.24, 2.45) is 0 Å². The second-order valence-electron chi connectivity index (χ2n) is 2.79. The molecule has 1 aromatic rings. The van der Waals surface area contributed by atoms with E-state index in [1.807, 2.05) is 0 Å². The molecular formula is C9H6BrNO3. The summed E-state index contributed by atoms with van der Waals surface area (Å²) >= 11 is 3.22. The van der Waals surface area contributed by atoms with Crippen molar-refractivity contribution in [1.82, 2.24) is 0 Å². The smallest absolute Gasteiger partial charge is 0.296 e. The minimum Gasteiger partial charge on any atom is -0.496 e. The standard InChI is InChI=1S/C9H6BrNO3/c1-14-5-3-2-4-6(7(5)10)8(12)9(13)11-4/h2-3H,1H3,(H,11,12,13). The molecule has 72 valence electrons. The van der Waals surface area contributed by atoms with Gasteiger partial charge < -0.3 is 10.1 Å². The molecule has 0 spiro atoms. The Balaban J connectivity index is 2.66. The number of benzene rings is 1. The van der Waals surface area contributed by atoms with Crippen LogP contribution in [0, 0.1) is 0 Å². The summed E-state index contributed by atoms with van der Waals surface area (Å²) in [5, 5.41) is 2.47. The van der Waals surface area contributed by atoms with Gasteiger partial charge in [0.1, 0.15) is 5.75 Å². The number of carbonyl (C=O) groups is 2. The van der Waals surface area contributed by atoms with E-state index in [1.54, 1.807) is 12.1 Å². The summed E-state index contributed by atoms with van der Waals surface area (Å²) in [5.74, 6) is -0.603. The molecule has 0 aliphatic carbocycles. The van der Waals surface area contributed by atoms with Gasteiger partial charge in [0.25, 0.3) is 11.7 Å². The Morgan fingerprint density at radius 2 is 2.07 bits per heavy atom. The minimum absolute atomic E-state index is 0.342. The lowest BCUT2D eigenvalue weighted by atomic mass is 10.1. The lowest BCUT2D eigenvalue weighted by molar-refractivity contribution is -0.112. The number of ketones is 1. The zero-order chi connectivity index (χ0) is 10.3. The van der Waals surface area contributed by atoms with Crippen molar-refractivity contribution in [3.05, 3.63) is 22.2 Å². The Morgan fingerprint density at radius 3 is 2.71 bits per heavy atom. The monoisotopic (exact) mass is 255 g/mol. The normalized spacial score (nSPS) is 13.9. The van der Waals surface area contributed by atoms with Crippen molar-refractivity contribution in [2.75, 3.05) is 12.4 Å². The predicted molar refractivity (Wildman–Crippen MR) is 53.7 cm³/mol. The molecule has 0 saturated heterocycles. The number of halogens is 1. The molecule has 1 heterocycles. The van der Waals surface area contributed by atoms with E-state index >= 15 is 0 Å². The Labute approximate surface area is 88.4 Å². The van der Waals surface area contributed by atoms with Crippen LogP contribution in [-0.4, -0.2) is 18.8 Å². The van der Waals surface area contributed by atoms with Gasteiger partial charge in [0.15, 0.2) is 0 Å². The maximum atomic E-state index is 11.4. The van der Waals surface area contributed by atoms with Crippen LogP contribution in [0.3, 0.4) is 0 Å².